The molecule has 1 aliphatic carbocycles. The molecule has 7 nitrogen and oxygen atoms in total. The number of nitrogens with zero attached hydrogens (tertiary/aromatic N) is 2. The summed E-state index contributed by atoms with van der Waals surface area (Å²) in [4.78, 5) is 14.1. The average molecular weight is 347 g/mol. The van der Waals surface area contributed by atoms with Crippen molar-refractivity contribution in [1.29, 1.82) is 0 Å². The lowest BCUT2D eigenvalue weighted by Gasteiger charge is -2.37. The van der Waals surface area contributed by atoms with Crippen LogP contribution in [0.3, 0.4) is 0 Å². The molecule has 1 unspecified atom stereocenters. The summed E-state index contributed by atoms with van der Waals surface area (Å²) >= 11 is 0. The zero-order valence-corrected chi connectivity index (χ0v) is 14.9. The van der Waals surface area contributed by atoms with Gasteiger partial charge in [-0.2, -0.15) is 0 Å². The lowest BCUT2D eigenvalue weighted by molar-refractivity contribution is -0.125. The summed E-state index contributed by atoms with van der Waals surface area (Å²) < 4.78 is 25.1. The number of hydrogen-bond acceptors (Lipinski definition) is 5. The molecule has 1 aliphatic heterocycles. The van der Waals surface area contributed by atoms with Gasteiger partial charge < -0.3 is 10.4 Å². The number of carbonyl (C=O) groups excluding carboxylic acids is 1. The van der Waals surface area contributed by atoms with E-state index in [0.29, 0.717) is 26.2 Å². The summed E-state index contributed by atoms with van der Waals surface area (Å²) in [6, 6.07) is 0. The van der Waals surface area contributed by atoms with Crippen LogP contribution < -0.4 is 5.32 Å². The second kappa shape index (κ2) is 7.46. The van der Waals surface area contributed by atoms with Crippen molar-refractivity contribution in [2.45, 2.75) is 37.7 Å². The minimum absolute atomic E-state index is 0.152. The Morgan fingerprint density at radius 1 is 1.22 bits per heavy atom. The molecule has 1 saturated heterocycles. The molecule has 134 valence electrons. The van der Waals surface area contributed by atoms with Gasteiger partial charge in [-0.3, -0.25) is 9.69 Å². The summed E-state index contributed by atoms with van der Waals surface area (Å²) in [5.74, 6) is -0.564. The Hall–Kier alpha value is -0.700. The highest BCUT2D eigenvalue weighted by atomic mass is 32.2. The first kappa shape index (κ1) is 18.6. The number of carbonyl (C=O) groups is 1. The van der Waals surface area contributed by atoms with Gasteiger partial charge in [-0.1, -0.05) is 19.3 Å². The van der Waals surface area contributed by atoms with E-state index in [1.165, 1.54) is 10.6 Å². The van der Waals surface area contributed by atoms with Crippen LogP contribution in [-0.2, 0) is 14.8 Å². The molecule has 23 heavy (non-hydrogen) atoms. The topological polar surface area (TPSA) is 90.0 Å². The van der Waals surface area contributed by atoms with Gasteiger partial charge in [-0.25, -0.2) is 12.7 Å². The molecule has 0 aromatic rings. The van der Waals surface area contributed by atoms with Crippen LogP contribution >= 0.6 is 0 Å². The van der Waals surface area contributed by atoms with E-state index in [1.807, 2.05) is 0 Å². The molecule has 1 atom stereocenters. The molecule has 8 heteroatoms. The van der Waals surface area contributed by atoms with E-state index in [4.69, 9.17) is 0 Å². The molecule has 2 fully saturated rings. The monoisotopic (exact) mass is 347 g/mol. The van der Waals surface area contributed by atoms with Crippen LogP contribution in [-0.4, -0.2) is 80.3 Å². The standard InChI is InChI=1S/C15H29N3O4S/c1-16-14(19)13-10-17(8-9-18(11-13)23(2,21)22)12-15(20)6-4-3-5-7-15/h13,20H,3-12H2,1-2H3,(H,16,19). The number of rotatable bonds is 4. The van der Waals surface area contributed by atoms with Crippen LogP contribution in [0, 0.1) is 5.92 Å². The molecule has 0 radical (unpaired) electrons. The third kappa shape index (κ3) is 5.14. The van der Waals surface area contributed by atoms with Crippen molar-refractivity contribution < 1.29 is 18.3 Å². The molecule has 2 N–H and O–H groups in total. The Labute approximate surface area is 139 Å². The van der Waals surface area contributed by atoms with Crippen molar-refractivity contribution in [3.63, 3.8) is 0 Å². The summed E-state index contributed by atoms with van der Waals surface area (Å²) in [6.45, 7) is 2.10. The van der Waals surface area contributed by atoms with Crippen molar-refractivity contribution in [1.82, 2.24) is 14.5 Å². The normalized spacial score (nSPS) is 27.3. The Bertz CT molecular complexity index is 517. The van der Waals surface area contributed by atoms with Crippen molar-refractivity contribution in [2.24, 2.45) is 5.92 Å². The first-order chi connectivity index (χ1) is 10.7. The van der Waals surface area contributed by atoms with Gasteiger partial charge in [0.15, 0.2) is 0 Å². The van der Waals surface area contributed by atoms with Gasteiger partial charge in [0.25, 0.3) is 0 Å². The summed E-state index contributed by atoms with van der Waals surface area (Å²) in [7, 11) is -1.76. The fraction of sp³-hybridized carbons (Fsp3) is 0.933. The fourth-order valence-corrected chi connectivity index (χ4v) is 4.51. The largest absolute Gasteiger partial charge is 0.389 e. The van der Waals surface area contributed by atoms with Crippen molar-refractivity contribution in [3.05, 3.63) is 0 Å². The van der Waals surface area contributed by atoms with Gasteiger partial charge in [0, 0.05) is 39.8 Å². The van der Waals surface area contributed by atoms with Gasteiger partial charge >= 0.3 is 0 Å². The Balaban J connectivity index is 2.10. The van der Waals surface area contributed by atoms with Crippen LogP contribution in [0.15, 0.2) is 0 Å². The summed E-state index contributed by atoms with van der Waals surface area (Å²) in [5, 5.41) is 13.4. The van der Waals surface area contributed by atoms with Gasteiger partial charge in [-0.05, 0) is 12.8 Å². The molecule has 1 amide bonds. The Morgan fingerprint density at radius 2 is 1.87 bits per heavy atom. The third-order valence-electron chi connectivity index (χ3n) is 4.96. The molecule has 0 bridgehead atoms. The van der Waals surface area contributed by atoms with E-state index in [9.17, 15) is 18.3 Å². The van der Waals surface area contributed by atoms with Gasteiger partial charge in [0.05, 0.1) is 17.8 Å². The van der Waals surface area contributed by atoms with Crippen LogP contribution in [0.25, 0.3) is 0 Å². The van der Waals surface area contributed by atoms with Gasteiger partial charge in [-0.15, -0.1) is 0 Å². The second-order valence-corrected chi connectivity index (χ2v) is 8.93. The fourth-order valence-electron chi connectivity index (χ4n) is 3.65. The first-order valence-corrected chi connectivity index (χ1v) is 10.2. The number of hydrogen-bond donors (Lipinski definition) is 2. The Morgan fingerprint density at radius 3 is 2.43 bits per heavy atom. The second-order valence-electron chi connectivity index (χ2n) is 6.95. The molecule has 1 heterocycles. The van der Waals surface area contributed by atoms with Crippen LogP contribution in [0.4, 0.5) is 0 Å². The minimum atomic E-state index is -3.33. The van der Waals surface area contributed by atoms with Gasteiger partial charge in [0.1, 0.15) is 0 Å². The number of β-amino-alcohol motifs (C(OH)–C–C–N with tert-alkyl or cyclic N) is 1. The van der Waals surface area contributed by atoms with Crippen LogP contribution in [0.2, 0.25) is 0 Å². The van der Waals surface area contributed by atoms with Crippen molar-refractivity contribution in [3.8, 4) is 0 Å². The SMILES string of the molecule is CNC(=O)C1CN(CC2(O)CCCCC2)CCN(S(C)(=O)=O)C1. The number of aliphatic hydroxyl groups is 1. The van der Waals surface area contributed by atoms with E-state index in [2.05, 4.69) is 10.2 Å². The summed E-state index contributed by atoms with van der Waals surface area (Å²) in [6.07, 6.45) is 5.95. The predicted molar refractivity (Wildman–Crippen MR) is 88.4 cm³/mol. The lowest BCUT2D eigenvalue weighted by atomic mass is 9.84. The smallest absolute Gasteiger partial charge is 0.225 e. The lowest BCUT2D eigenvalue weighted by Crippen LogP contribution is -2.47. The van der Waals surface area contributed by atoms with E-state index < -0.39 is 21.5 Å². The van der Waals surface area contributed by atoms with Gasteiger partial charge in [0.2, 0.25) is 15.9 Å². The molecule has 2 aliphatic rings. The van der Waals surface area contributed by atoms with E-state index in [-0.39, 0.29) is 12.5 Å². The highest BCUT2D eigenvalue weighted by Gasteiger charge is 2.36. The maximum Gasteiger partial charge on any atom is 0.225 e. The molecule has 0 spiro atoms. The van der Waals surface area contributed by atoms with Crippen LogP contribution in [0.1, 0.15) is 32.1 Å². The molecular formula is C15H29N3O4S. The molecule has 1 saturated carbocycles. The summed E-state index contributed by atoms with van der Waals surface area (Å²) in [5.41, 5.74) is -0.703. The highest BCUT2D eigenvalue weighted by molar-refractivity contribution is 7.88. The number of amides is 1. The zero-order chi connectivity index (χ0) is 17.1. The zero-order valence-electron chi connectivity index (χ0n) is 14.1. The maximum atomic E-state index is 12.1. The van der Waals surface area contributed by atoms with E-state index in [0.717, 1.165) is 32.1 Å². The van der Waals surface area contributed by atoms with E-state index >= 15 is 0 Å². The third-order valence-corrected chi connectivity index (χ3v) is 6.23. The number of nitrogens with one attached hydrogen (secondary N) is 1. The molecular weight excluding hydrogens is 318 g/mol. The maximum absolute atomic E-state index is 12.1. The van der Waals surface area contributed by atoms with Crippen LogP contribution in [0.5, 0.6) is 0 Å². The number of sulfonamides is 1. The quantitative estimate of drug-likeness (QED) is 0.724. The van der Waals surface area contributed by atoms with Crippen molar-refractivity contribution in [2.75, 3.05) is 46.0 Å². The Kier molecular flexibility index (Phi) is 6.05. The minimum Gasteiger partial charge on any atom is -0.389 e. The highest BCUT2D eigenvalue weighted by Crippen LogP contribution is 2.29. The first-order valence-electron chi connectivity index (χ1n) is 8.35. The molecule has 0 aromatic heterocycles. The molecule has 0 aromatic carbocycles. The van der Waals surface area contributed by atoms with Crippen molar-refractivity contribution >= 4 is 15.9 Å². The average Bonchev–Trinajstić information content (AvgIpc) is 2.69. The predicted octanol–water partition coefficient (Wildman–Crippen LogP) is -0.379. The molecule has 2 rings (SSSR count). The van der Waals surface area contributed by atoms with E-state index in [1.54, 1.807) is 7.05 Å².